The van der Waals surface area contributed by atoms with Crippen molar-refractivity contribution in [2.75, 3.05) is 36.8 Å². The molecule has 9 heteroatoms. The van der Waals surface area contributed by atoms with Crippen molar-refractivity contribution in [2.24, 2.45) is 5.92 Å². The molecule has 1 amide bonds. The highest BCUT2D eigenvalue weighted by Gasteiger charge is 2.32. The van der Waals surface area contributed by atoms with Crippen LogP contribution in [0.3, 0.4) is 0 Å². The summed E-state index contributed by atoms with van der Waals surface area (Å²) in [6, 6.07) is 2.38. The van der Waals surface area contributed by atoms with Gasteiger partial charge in [-0.1, -0.05) is 13.8 Å². The molecule has 0 spiro atoms. The Morgan fingerprint density at radius 2 is 1.71 bits per heavy atom. The van der Waals surface area contributed by atoms with E-state index in [0.29, 0.717) is 26.2 Å². The first kappa shape index (κ1) is 22.6. The fourth-order valence-electron chi connectivity index (χ4n) is 3.42. The first-order chi connectivity index (χ1) is 13.1. The van der Waals surface area contributed by atoms with E-state index >= 15 is 0 Å². The summed E-state index contributed by atoms with van der Waals surface area (Å²) in [6.07, 6.45) is -3.04. The fraction of sp³-hybridized carbons (Fsp3) is 0.632. The Bertz CT molecular complexity index is 727. The van der Waals surface area contributed by atoms with Crippen molar-refractivity contribution in [1.82, 2.24) is 4.90 Å². The molecule has 0 N–H and O–H groups in total. The van der Waals surface area contributed by atoms with Gasteiger partial charge in [0, 0.05) is 37.0 Å². The molecule has 2 rings (SSSR count). The lowest BCUT2D eigenvalue weighted by molar-refractivity contribution is -0.136. The van der Waals surface area contributed by atoms with E-state index in [1.54, 1.807) is 9.80 Å². The minimum absolute atomic E-state index is 0.00994. The van der Waals surface area contributed by atoms with Gasteiger partial charge in [-0.25, -0.2) is 4.39 Å². The van der Waals surface area contributed by atoms with Crippen LogP contribution in [0.4, 0.5) is 23.2 Å². The maximum Gasteiger partial charge on any atom is 0.400 e. The van der Waals surface area contributed by atoms with E-state index in [1.165, 1.54) is 13.0 Å². The van der Waals surface area contributed by atoms with Crippen LogP contribution in [0.5, 0.6) is 0 Å². The number of halogens is 4. The van der Waals surface area contributed by atoms with Crippen LogP contribution in [0.2, 0.25) is 0 Å². The number of hydrogen-bond acceptors (Lipinski definition) is 3. The highest BCUT2D eigenvalue weighted by Crippen LogP contribution is 2.29. The Morgan fingerprint density at radius 3 is 2.21 bits per heavy atom. The molecule has 1 heterocycles. The van der Waals surface area contributed by atoms with Gasteiger partial charge in [0.25, 0.3) is 0 Å². The molecule has 0 aromatic heterocycles. The number of benzene rings is 1. The molecule has 1 atom stereocenters. The first-order valence-electron chi connectivity index (χ1n) is 9.36. The van der Waals surface area contributed by atoms with Crippen molar-refractivity contribution < 1.29 is 26.6 Å². The third-order valence-corrected chi connectivity index (χ3v) is 6.57. The summed E-state index contributed by atoms with van der Waals surface area (Å²) in [5.41, 5.74) is 0.358. The summed E-state index contributed by atoms with van der Waals surface area (Å²) in [6.45, 7) is 6.96. The minimum Gasteiger partial charge on any atom is -0.366 e. The number of aryl methyl sites for hydroxylation is 1. The summed E-state index contributed by atoms with van der Waals surface area (Å²) in [7, 11) is -2.29. The molecule has 0 radical (unpaired) electrons. The summed E-state index contributed by atoms with van der Waals surface area (Å²) < 4.78 is 64.3. The van der Waals surface area contributed by atoms with E-state index in [0.717, 1.165) is 18.9 Å². The Morgan fingerprint density at radius 1 is 1.14 bits per heavy atom. The zero-order valence-corrected chi connectivity index (χ0v) is 17.1. The molecule has 158 valence electrons. The van der Waals surface area contributed by atoms with Crippen molar-refractivity contribution in [3.05, 3.63) is 23.5 Å². The molecule has 1 aliphatic rings. The highest BCUT2D eigenvalue weighted by atomic mass is 32.2. The third-order valence-electron chi connectivity index (χ3n) is 5.05. The number of amides is 1. The van der Waals surface area contributed by atoms with E-state index in [-0.39, 0.29) is 28.0 Å². The van der Waals surface area contributed by atoms with Crippen LogP contribution in [0.25, 0.3) is 0 Å². The molecule has 1 fully saturated rings. The molecular formula is C19H26F4N2O2S. The first-order valence-corrected chi connectivity index (χ1v) is 10.7. The number of anilines is 1. The smallest absolute Gasteiger partial charge is 0.366 e. The van der Waals surface area contributed by atoms with Crippen LogP contribution in [0.15, 0.2) is 17.0 Å². The van der Waals surface area contributed by atoms with Crippen molar-refractivity contribution in [2.45, 2.75) is 44.7 Å². The monoisotopic (exact) mass is 422 g/mol. The molecule has 28 heavy (non-hydrogen) atoms. The predicted molar refractivity (Wildman–Crippen MR) is 101 cm³/mol. The van der Waals surface area contributed by atoms with Crippen LogP contribution in [-0.4, -0.2) is 53.1 Å². The summed E-state index contributed by atoms with van der Waals surface area (Å²) in [5.74, 6) is -1.97. The molecule has 1 unspecified atom stereocenters. The molecule has 0 aliphatic carbocycles. The van der Waals surface area contributed by atoms with Gasteiger partial charge in [0.2, 0.25) is 5.91 Å². The lowest BCUT2D eigenvalue weighted by atomic mass is 10.0. The zero-order valence-electron chi connectivity index (χ0n) is 16.3. The van der Waals surface area contributed by atoms with Gasteiger partial charge >= 0.3 is 6.18 Å². The van der Waals surface area contributed by atoms with Crippen molar-refractivity contribution in [1.29, 1.82) is 0 Å². The fourth-order valence-corrected chi connectivity index (χ4v) is 4.53. The van der Waals surface area contributed by atoms with Gasteiger partial charge in [0.15, 0.2) is 0 Å². The normalized spacial score (nSPS) is 16.6. The van der Waals surface area contributed by atoms with Crippen LogP contribution < -0.4 is 4.90 Å². The largest absolute Gasteiger partial charge is 0.400 e. The molecule has 0 saturated carbocycles. The van der Waals surface area contributed by atoms with Crippen LogP contribution in [-0.2, 0) is 15.6 Å². The van der Waals surface area contributed by atoms with Crippen molar-refractivity contribution in [3.8, 4) is 0 Å². The zero-order chi connectivity index (χ0) is 21.1. The second kappa shape index (κ2) is 9.24. The maximum absolute atomic E-state index is 14.5. The summed E-state index contributed by atoms with van der Waals surface area (Å²) >= 11 is 0. The van der Waals surface area contributed by atoms with E-state index in [1.807, 2.05) is 13.8 Å². The molecule has 4 nitrogen and oxygen atoms in total. The quantitative estimate of drug-likeness (QED) is 0.653. The van der Waals surface area contributed by atoms with Crippen molar-refractivity contribution in [3.63, 3.8) is 0 Å². The van der Waals surface area contributed by atoms with Crippen LogP contribution in [0, 0.1) is 18.7 Å². The van der Waals surface area contributed by atoms with E-state index in [4.69, 9.17) is 0 Å². The molecule has 1 aromatic rings. The van der Waals surface area contributed by atoms with Gasteiger partial charge in [-0.3, -0.25) is 9.00 Å². The van der Waals surface area contributed by atoms with Crippen molar-refractivity contribution >= 4 is 22.4 Å². The van der Waals surface area contributed by atoms with E-state index in [9.17, 15) is 26.6 Å². The van der Waals surface area contributed by atoms with Gasteiger partial charge in [-0.05, 0) is 37.5 Å². The number of rotatable bonds is 6. The number of piperazine rings is 1. The number of carbonyl (C=O) groups excluding carboxylic acids is 1. The Labute approximate surface area is 165 Å². The SMILES string of the molecule is CCC(CC)C(=O)N1CCN(c2cc(S(=O)CC(F)(F)F)c(C)cc2F)CC1. The maximum atomic E-state index is 14.5. The van der Waals surface area contributed by atoms with E-state index < -0.39 is 28.5 Å². The Balaban J connectivity index is 2.15. The molecule has 0 bridgehead atoms. The highest BCUT2D eigenvalue weighted by molar-refractivity contribution is 7.85. The molecular weight excluding hydrogens is 396 g/mol. The second-order valence-corrected chi connectivity index (χ2v) is 8.42. The standard InChI is InChI=1S/C19H26F4N2O2S/c1-4-14(5-2)18(26)25-8-6-24(7-9-25)16-11-17(13(3)10-15(16)20)28(27)12-19(21,22)23/h10-11,14H,4-9,12H2,1-3H3. The Kier molecular flexibility index (Phi) is 7.47. The van der Waals surface area contributed by atoms with Gasteiger partial charge in [0.1, 0.15) is 11.6 Å². The average Bonchev–Trinajstić information content (AvgIpc) is 2.61. The van der Waals surface area contributed by atoms with Gasteiger partial charge in [-0.15, -0.1) is 0 Å². The number of nitrogens with zero attached hydrogens (tertiary/aromatic N) is 2. The van der Waals surface area contributed by atoms with Crippen LogP contribution in [0.1, 0.15) is 32.3 Å². The lowest BCUT2D eigenvalue weighted by Crippen LogP contribution is -2.50. The third kappa shape index (κ3) is 5.46. The topological polar surface area (TPSA) is 40.6 Å². The number of alkyl halides is 3. The number of hydrogen-bond donors (Lipinski definition) is 0. The van der Waals surface area contributed by atoms with E-state index in [2.05, 4.69) is 0 Å². The number of carbonyl (C=O) groups is 1. The summed E-state index contributed by atoms with van der Waals surface area (Å²) in [5, 5.41) is 0. The average molecular weight is 422 g/mol. The summed E-state index contributed by atoms with van der Waals surface area (Å²) in [4.78, 5) is 15.9. The second-order valence-electron chi connectivity index (χ2n) is 7.00. The molecule has 1 aliphatic heterocycles. The molecule has 1 aromatic carbocycles. The molecule has 1 saturated heterocycles. The van der Waals surface area contributed by atoms with Gasteiger partial charge in [0.05, 0.1) is 16.5 Å². The minimum atomic E-state index is -4.56. The Hall–Kier alpha value is -1.64. The van der Waals surface area contributed by atoms with Gasteiger partial charge in [-0.2, -0.15) is 13.2 Å². The lowest BCUT2D eigenvalue weighted by Gasteiger charge is -2.37. The van der Waals surface area contributed by atoms with Gasteiger partial charge < -0.3 is 9.80 Å². The van der Waals surface area contributed by atoms with Crippen LogP contribution >= 0.6 is 0 Å². The predicted octanol–water partition coefficient (Wildman–Crippen LogP) is 3.89.